The van der Waals surface area contributed by atoms with Gasteiger partial charge in [0.15, 0.2) is 5.82 Å². The molecule has 0 spiro atoms. The topological polar surface area (TPSA) is 85.8 Å². The number of halogens is 1. The summed E-state index contributed by atoms with van der Waals surface area (Å²) < 4.78 is 2.54. The van der Waals surface area contributed by atoms with Crippen LogP contribution in [0.4, 0.5) is 5.69 Å². The number of nitrogen functional groups attached to an aromatic ring is 1. The lowest BCUT2D eigenvalue weighted by Crippen LogP contribution is -2.17. The van der Waals surface area contributed by atoms with Crippen molar-refractivity contribution in [2.24, 2.45) is 0 Å². The molecule has 0 saturated carbocycles. The van der Waals surface area contributed by atoms with Gasteiger partial charge in [0.05, 0.1) is 5.75 Å². The number of aromatic nitrogens is 3. The van der Waals surface area contributed by atoms with Crippen LogP contribution in [0.1, 0.15) is 12.7 Å². The Labute approximate surface area is 134 Å². The van der Waals surface area contributed by atoms with Gasteiger partial charge in [0.2, 0.25) is 11.1 Å². The molecule has 20 heavy (non-hydrogen) atoms. The van der Waals surface area contributed by atoms with Gasteiger partial charge < -0.3 is 11.2 Å². The fourth-order valence-electron chi connectivity index (χ4n) is 1.51. The Morgan fingerprint density at radius 3 is 2.70 bits per heavy atom. The third-order valence-electron chi connectivity index (χ3n) is 2.51. The second kappa shape index (κ2) is 6.93. The molecule has 0 saturated heterocycles. The van der Waals surface area contributed by atoms with Gasteiger partial charge in [0.1, 0.15) is 0 Å². The fourth-order valence-corrected chi connectivity index (χ4v) is 2.54. The zero-order valence-electron chi connectivity index (χ0n) is 10.8. The summed E-state index contributed by atoms with van der Waals surface area (Å²) in [7, 11) is 0. The fraction of sp³-hybridized carbons (Fsp3) is 0.250. The third-order valence-corrected chi connectivity index (χ3v) is 4.17. The Balaban J connectivity index is 1.88. The van der Waals surface area contributed by atoms with Crippen LogP contribution in [0.2, 0.25) is 0 Å². The zero-order valence-corrected chi connectivity index (χ0v) is 13.8. The summed E-state index contributed by atoms with van der Waals surface area (Å²) in [6.45, 7) is 1.95. The van der Waals surface area contributed by atoms with E-state index in [0.717, 1.165) is 9.26 Å². The standard InChI is InChI=1S/C12H14IN5OS/c1-2-10-16-17-12(18(10)14)20-7-11(19)15-9-5-3-8(13)4-6-9/h3-6H,2,7,14H2,1H3,(H,15,19). The van der Waals surface area contributed by atoms with Gasteiger partial charge in [0.25, 0.3) is 0 Å². The maximum absolute atomic E-state index is 11.8. The summed E-state index contributed by atoms with van der Waals surface area (Å²) in [6, 6.07) is 7.61. The molecular formula is C12H14IN5OS. The molecule has 1 aromatic carbocycles. The minimum absolute atomic E-state index is 0.0998. The van der Waals surface area contributed by atoms with Gasteiger partial charge in [-0.3, -0.25) is 4.79 Å². The number of carbonyl (C=O) groups is 1. The summed E-state index contributed by atoms with van der Waals surface area (Å²) in [5, 5.41) is 11.2. The number of hydrogen-bond donors (Lipinski definition) is 2. The molecule has 6 nitrogen and oxygen atoms in total. The Morgan fingerprint density at radius 1 is 1.40 bits per heavy atom. The lowest BCUT2D eigenvalue weighted by Gasteiger charge is -2.05. The second-order valence-electron chi connectivity index (χ2n) is 3.97. The quantitative estimate of drug-likeness (QED) is 0.453. The van der Waals surface area contributed by atoms with E-state index in [1.54, 1.807) is 0 Å². The van der Waals surface area contributed by atoms with E-state index < -0.39 is 0 Å². The summed E-state index contributed by atoms with van der Waals surface area (Å²) in [4.78, 5) is 11.8. The number of nitrogens with zero attached hydrogens (tertiary/aromatic N) is 3. The Hall–Kier alpha value is -1.29. The summed E-state index contributed by atoms with van der Waals surface area (Å²) in [5.74, 6) is 6.65. The Kier molecular flexibility index (Phi) is 5.24. The maximum atomic E-state index is 11.8. The van der Waals surface area contributed by atoms with Gasteiger partial charge >= 0.3 is 0 Å². The van der Waals surface area contributed by atoms with Crippen LogP contribution in [0.15, 0.2) is 29.4 Å². The zero-order chi connectivity index (χ0) is 14.5. The van der Waals surface area contributed by atoms with Crippen LogP contribution < -0.4 is 11.2 Å². The molecule has 2 aromatic rings. The Morgan fingerprint density at radius 2 is 2.10 bits per heavy atom. The number of aryl methyl sites for hydroxylation is 1. The highest BCUT2D eigenvalue weighted by Crippen LogP contribution is 2.16. The average Bonchev–Trinajstić information content (AvgIpc) is 2.79. The molecule has 0 atom stereocenters. The molecule has 0 aliphatic carbocycles. The molecule has 0 aliphatic rings. The lowest BCUT2D eigenvalue weighted by molar-refractivity contribution is -0.113. The molecule has 0 aliphatic heterocycles. The van der Waals surface area contributed by atoms with E-state index >= 15 is 0 Å². The highest BCUT2D eigenvalue weighted by molar-refractivity contribution is 14.1. The van der Waals surface area contributed by atoms with Gasteiger partial charge in [-0.2, -0.15) is 0 Å². The maximum Gasteiger partial charge on any atom is 0.234 e. The number of amides is 1. The minimum Gasteiger partial charge on any atom is -0.336 e. The largest absolute Gasteiger partial charge is 0.336 e. The first-order chi connectivity index (χ1) is 9.60. The molecular weight excluding hydrogens is 389 g/mol. The summed E-state index contributed by atoms with van der Waals surface area (Å²) in [6.07, 6.45) is 0.707. The molecule has 0 fully saturated rings. The summed E-state index contributed by atoms with van der Waals surface area (Å²) in [5.41, 5.74) is 0.777. The predicted molar refractivity (Wildman–Crippen MR) is 88.1 cm³/mol. The third kappa shape index (κ3) is 3.85. The van der Waals surface area contributed by atoms with Crippen LogP contribution in [-0.4, -0.2) is 26.5 Å². The lowest BCUT2D eigenvalue weighted by atomic mass is 10.3. The van der Waals surface area contributed by atoms with Crippen molar-refractivity contribution in [3.8, 4) is 0 Å². The summed E-state index contributed by atoms with van der Waals surface area (Å²) >= 11 is 3.48. The van der Waals surface area contributed by atoms with E-state index in [-0.39, 0.29) is 11.7 Å². The van der Waals surface area contributed by atoms with Crippen molar-refractivity contribution < 1.29 is 4.79 Å². The van der Waals surface area contributed by atoms with E-state index in [0.29, 0.717) is 17.4 Å². The first kappa shape index (κ1) is 15.1. The van der Waals surface area contributed by atoms with Crippen molar-refractivity contribution in [2.45, 2.75) is 18.5 Å². The number of nitrogens with one attached hydrogen (secondary N) is 1. The van der Waals surface area contributed by atoms with E-state index in [4.69, 9.17) is 5.84 Å². The van der Waals surface area contributed by atoms with Crippen molar-refractivity contribution in [1.29, 1.82) is 0 Å². The van der Waals surface area contributed by atoms with Gasteiger partial charge in [-0.25, -0.2) is 4.68 Å². The molecule has 8 heteroatoms. The number of benzene rings is 1. The van der Waals surface area contributed by atoms with Crippen LogP contribution in [0.5, 0.6) is 0 Å². The highest BCUT2D eigenvalue weighted by atomic mass is 127. The van der Waals surface area contributed by atoms with E-state index in [1.165, 1.54) is 16.4 Å². The van der Waals surface area contributed by atoms with Crippen molar-refractivity contribution >= 4 is 45.9 Å². The molecule has 3 N–H and O–H groups in total. The number of hydrogen-bond acceptors (Lipinski definition) is 5. The average molecular weight is 403 g/mol. The molecule has 0 radical (unpaired) electrons. The molecule has 1 aromatic heterocycles. The van der Waals surface area contributed by atoms with E-state index in [2.05, 4.69) is 38.1 Å². The van der Waals surface area contributed by atoms with Crippen molar-refractivity contribution in [3.05, 3.63) is 33.7 Å². The van der Waals surface area contributed by atoms with Crippen molar-refractivity contribution in [1.82, 2.24) is 14.9 Å². The van der Waals surface area contributed by atoms with Gasteiger partial charge in [-0.05, 0) is 46.9 Å². The van der Waals surface area contributed by atoms with Crippen molar-refractivity contribution in [3.63, 3.8) is 0 Å². The van der Waals surface area contributed by atoms with Gasteiger partial charge in [-0.15, -0.1) is 10.2 Å². The second-order valence-corrected chi connectivity index (χ2v) is 6.15. The van der Waals surface area contributed by atoms with Crippen LogP contribution in [0.25, 0.3) is 0 Å². The molecule has 0 unspecified atom stereocenters. The normalized spacial score (nSPS) is 10.5. The predicted octanol–water partition coefficient (Wildman–Crippen LogP) is 1.89. The number of anilines is 1. The molecule has 1 amide bonds. The van der Waals surface area contributed by atoms with Gasteiger partial charge in [-0.1, -0.05) is 18.7 Å². The monoisotopic (exact) mass is 403 g/mol. The SMILES string of the molecule is CCc1nnc(SCC(=O)Nc2ccc(I)cc2)n1N. The first-order valence-electron chi connectivity index (χ1n) is 5.97. The van der Waals surface area contributed by atoms with E-state index in [1.807, 2.05) is 31.2 Å². The number of thioether (sulfide) groups is 1. The first-order valence-corrected chi connectivity index (χ1v) is 8.04. The van der Waals surface area contributed by atoms with Crippen LogP contribution in [-0.2, 0) is 11.2 Å². The molecule has 2 rings (SSSR count). The van der Waals surface area contributed by atoms with E-state index in [9.17, 15) is 4.79 Å². The Bertz CT molecular complexity index is 598. The van der Waals surface area contributed by atoms with Crippen LogP contribution in [0, 0.1) is 3.57 Å². The van der Waals surface area contributed by atoms with Gasteiger partial charge in [0, 0.05) is 15.7 Å². The molecule has 0 bridgehead atoms. The van der Waals surface area contributed by atoms with Crippen LogP contribution in [0.3, 0.4) is 0 Å². The molecule has 106 valence electrons. The number of nitrogens with two attached hydrogens (primary N) is 1. The number of carbonyl (C=O) groups excluding carboxylic acids is 1. The highest BCUT2D eigenvalue weighted by Gasteiger charge is 2.11. The van der Waals surface area contributed by atoms with Crippen molar-refractivity contribution in [2.75, 3.05) is 16.9 Å². The smallest absolute Gasteiger partial charge is 0.234 e. The van der Waals surface area contributed by atoms with Crippen LogP contribution >= 0.6 is 34.4 Å². The minimum atomic E-state index is -0.0998. The molecule has 1 heterocycles. The number of rotatable bonds is 5.